The van der Waals surface area contributed by atoms with Gasteiger partial charge in [0, 0.05) is 70.3 Å². The normalized spacial score (nSPS) is 14.3. The standard InChI is InChI=1S/C31H28ClFN6O.CH4/c1-38(2)16-19-17-39(18-19)30(40)20-7-10-23(11-8-20)36-31-35-15-21-14-34-29(25-5-3-4-6-27(25)33)26-13-22(32)9-12-24(26)28(21)37-31;/h3-13,15,19H,14,16-18H2,1-2H3,(H,35,36,37);1H4. The molecule has 6 rings (SSSR count). The Morgan fingerprint density at radius 3 is 2.54 bits per heavy atom. The van der Waals surface area contributed by atoms with Gasteiger partial charge in [-0.3, -0.25) is 9.79 Å². The molecule has 0 radical (unpaired) electrons. The van der Waals surface area contributed by atoms with Crippen molar-refractivity contribution in [3.63, 3.8) is 0 Å². The van der Waals surface area contributed by atoms with Gasteiger partial charge in [0.15, 0.2) is 0 Å². The number of hydrogen-bond acceptors (Lipinski definition) is 6. The highest BCUT2D eigenvalue weighted by molar-refractivity contribution is 6.31. The second-order valence-corrected chi connectivity index (χ2v) is 10.9. The fourth-order valence-electron chi connectivity index (χ4n) is 5.24. The third-order valence-electron chi connectivity index (χ3n) is 7.15. The van der Waals surface area contributed by atoms with E-state index in [4.69, 9.17) is 21.6 Å². The summed E-state index contributed by atoms with van der Waals surface area (Å²) in [6.07, 6.45) is 1.74. The van der Waals surface area contributed by atoms with E-state index in [0.29, 0.717) is 51.5 Å². The number of halogens is 2. The van der Waals surface area contributed by atoms with E-state index in [2.05, 4.69) is 29.3 Å². The lowest BCUT2D eigenvalue weighted by Crippen LogP contribution is -2.53. The highest BCUT2D eigenvalue weighted by atomic mass is 35.5. The van der Waals surface area contributed by atoms with Crippen LogP contribution in [0, 0.1) is 11.7 Å². The summed E-state index contributed by atoms with van der Waals surface area (Å²) < 4.78 is 14.8. The van der Waals surface area contributed by atoms with Gasteiger partial charge in [0.1, 0.15) is 5.82 Å². The smallest absolute Gasteiger partial charge is 0.253 e. The Kier molecular flexibility index (Phi) is 8.15. The number of benzene rings is 3. The highest BCUT2D eigenvalue weighted by Crippen LogP contribution is 2.34. The van der Waals surface area contributed by atoms with Gasteiger partial charge < -0.3 is 15.1 Å². The number of likely N-dealkylation sites (tertiary alicyclic amines) is 1. The zero-order valence-corrected chi connectivity index (χ0v) is 23.0. The lowest BCUT2D eigenvalue weighted by Gasteiger charge is -2.40. The predicted molar refractivity (Wildman–Crippen MR) is 163 cm³/mol. The summed E-state index contributed by atoms with van der Waals surface area (Å²) in [4.78, 5) is 30.9. The number of aliphatic imine (C=N–C) groups is 1. The molecule has 7 nitrogen and oxygen atoms in total. The molecule has 0 bridgehead atoms. The van der Waals surface area contributed by atoms with Crippen LogP contribution in [0.1, 0.15) is 34.5 Å². The van der Waals surface area contributed by atoms with E-state index >= 15 is 0 Å². The topological polar surface area (TPSA) is 73.7 Å². The molecule has 0 aliphatic carbocycles. The molecule has 0 saturated carbocycles. The number of rotatable bonds is 6. The molecule has 0 unspecified atom stereocenters. The van der Waals surface area contributed by atoms with E-state index in [0.717, 1.165) is 36.4 Å². The van der Waals surface area contributed by atoms with Crippen LogP contribution >= 0.6 is 11.6 Å². The van der Waals surface area contributed by atoms with Crippen LogP contribution in [-0.4, -0.2) is 65.1 Å². The summed E-state index contributed by atoms with van der Waals surface area (Å²) in [5.41, 5.74) is 5.39. The number of anilines is 2. The zero-order valence-electron chi connectivity index (χ0n) is 22.2. The van der Waals surface area contributed by atoms with Gasteiger partial charge in [-0.1, -0.05) is 37.2 Å². The van der Waals surface area contributed by atoms with E-state index < -0.39 is 0 Å². The number of hydrogen-bond donors (Lipinski definition) is 1. The summed E-state index contributed by atoms with van der Waals surface area (Å²) in [6.45, 7) is 2.86. The highest BCUT2D eigenvalue weighted by Gasteiger charge is 2.31. The van der Waals surface area contributed by atoms with Gasteiger partial charge in [-0.2, -0.15) is 0 Å². The van der Waals surface area contributed by atoms with Crippen molar-refractivity contribution < 1.29 is 9.18 Å². The average molecular weight is 571 g/mol. The molecule has 41 heavy (non-hydrogen) atoms. The molecule has 2 aliphatic rings. The predicted octanol–water partition coefficient (Wildman–Crippen LogP) is 6.30. The van der Waals surface area contributed by atoms with Crippen molar-refractivity contribution in [2.24, 2.45) is 10.9 Å². The summed E-state index contributed by atoms with van der Waals surface area (Å²) in [5.74, 6) is 0.627. The molecule has 1 aromatic heterocycles. The Morgan fingerprint density at radius 2 is 1.80 bits per heavy atom. The Hall–Kier alpha value is -4.14. The largest absolute Gasteiger partial charge is 0.338 e. The maximum Gasteiger partial charge on any atom is 0.253 e. The summed E-state index contributed by atoms with van der Waals surface area (Å²) in [7, 11) is 4.10. The molecule has 1 fully saturated rings. The number of carbonyl (C=O) groups is 1. The van der Waals surface area contributed by atoms with Gasteiger partial charge in [-0.05, 0) is 62.6 Å². The number of amides is 1. The second-order valence-electron chi connectivity index (χ2n) is 10.4. The number of nitrogens with zero attached hydrogens (tertiary/aromatic N) is 5. The van der Waals surface area contributed by atoms with Crippen molar-refractivity contribution >= 4 is 34.9 Å². The van der Waals surface area contributed by atoms with E-state index in [1.165, 1.54) is 6.07 Å². The monoisotopic (exact) mass is 570 g/mol. The number of fused-ring (bicyclic) bond motifs is 3. The van der Waals surface area contributed by atoms with E-state index in [1.54, 1.807) is 36.5 Å². The van der Waals surface area contributed by atoms with Gasteiger partial charge in [-0.15, -0.1) is 0 Å². The molecule has 1 saturated heterocycles. The van der Waals surface area contributed by atoms with Gasteiger partial charge in [0.2, 0.25) is 5.95 Å². The second kappa shape index (κ2) is 11.8. The lowest BCUT2D eigenvalue weighted by atomic mass is 9.95. The first kappa shape index (κ1) is 28.4. The molecular formula is C32H32ClFN6O. The molecule has 210 valence electrons. The zero-order chi connectivity index (χ0) is 27.8. The molecule has 4 aromatic rings. The van der Waals surface area contributed by atoms with E-state index in [-0.39, 0.29) is 19.2 Å². The Labute approximate surface area is 244 Å². The fraction of sp³-hybridized carbons (Fsp3) is 0.250. The van der Waals surface area contributed by atoms with Crippen molar-refractivity contribution in [1.82, 2.24) is 19.8 Å². The van der Waals surface area contributed by atoms with Crippen LogP contribution in [0.2, 0.25) is 5.02 Å². The quantitative estimate of drug-likeness (QED) is 0.294. The van der Waals surface area contributed by atoms with Crippen LogP contribution in [0.15, 0.2) is 77.9 Å². The number of aromatic nitrogens is 2. The van der Waals surface area contributed by atoms with Crippen molar-refractivity contribution in [2.45, 2.75) is 14.0 Å². The maximum absolute atomic E-state index is 14.8. The SMILES string of the molecule is C.CN(C)CC1CN(C(=O)c2ccc(Nc3ncc4c(n3)-c3ccc(Cl)cc3C(c3ccccc3F)=NC4)cc2)C1. The van der Waals surface area contributed by atoms with Crippen molar-refractivity contribution in [1.29, 1.82) is 0 Å². The maximum atomic E-state index is 14.8. The minimum absolute atomic E-state index is 0. The van der Waals surface area contributed by atoms with Gasteiger partial charge >= 0.3 is 0 Å². The summed E-state index contributed by atoms with van der Waals surface area (Å²) >= 11 is 6.36. The lowest BCUT2D eigenvalue weighted by molar-refractivity contribution is 0.0450. The first-order valence-electron chi connectivity index (χ1n) is 13.1. The minimum atomic E-state index is -0.351. The van der Waals surface area contributed by atoms with Gasteiger partial charge in [0.25, 0.3) is 5.91 Å². The molecule has 0 atom stereocenters. The summed E-state index contributed by atoms with van der Waals surface area (Å²) in [6, 6.07) is 19.4. The van der Waals surface area contributed by atoms with E-state index in [9.17, 15) is 9.18 Å². The van der Waals surface area contributed by atoms with Crippen LogP contribution in [-0.2, 0) is 6.54 Å². The van der Waals surface area contributed by atoms with Crippen LogP contribution < -0.4 is 5.32 Å². The Balaban J connectivity index is 0.00000337. The molecule has 3 heterocycles. The number of nitrogens with one attached hydrogen (secondary N) is 1. The first-order chi connectivity index (χ1) is 19.4. The van der Waals surface area contributed by atoms with Gasteiger partial charge in [0.05, 0.1) is 18.0 Å². The minimum Gasteiger partial charge on any atom is -0.338 e. The van der Waals surface area contributed by atoms with Gasteiger partial charge in [-0.25, -0.2) is 14.4 Å². The molecule has 3 aromatic carbocycles. The molecule has 2 aliphatic heterocycles. The molecule has 9 heteroatoms. The van der Waals surface area contributed by atoms with Crippen molar-refractivity contribution in [2.75, 3.05) is 39.0 Å². The van der Waals surface area contributed by atoms with Crippen LogP contribution in [0.3, 0.4) is 0 Å². The van der Waals surface area contributed by atoms with Crippen molar-refractivity contribution in [3.05, 3.63) is 106 Å². The summed E-state index contributed by atoms with van der Waals surface area (Å²) in [5, 5.41) is 3.77. The molecule has 1 N–H and O–H groups in total. The Morgan fingerprint density at radius 1 is 1.05 bits per heavy atom. The molecular weight excluding hydrogens is 539 g/mol. The van der Waals surface area contributed by atoms with E-state index in [1.807, 2.05) is 35.2 Å². The fourth-order valence-corrected chi connectivity index (χ4v) is 5.42. The molecule has 0 spiro atoms. The Bertz CT molecular complexity index is 1620. The van der Waals surface area contributed by atoms with Crippen LogP contribution in [0.4, 0.5) is 16.0 Å². The first-order valence-corrected chi connectivity index (χ1v) is 13.5. The average Bonchev–Trinajstić information content (AvgIpc) is 3.07. The number of carbonyl (C=O) groups excluding carboxylic acids is 1. The molecule has 1 amide bonds. The van der Waals surface area contributed by atoms with Crippen LogP contribution in [0.5, 0.6) is 0 Å². The third kappa shape index (κ3) is 5.85. The van der Waals surface area contributed by atoms with Crippen LogP contribution in [0.25, 0.3) is 11.3 Å². The third-order valence-corrected chi connectivity index (χ3v) is 7.38. The van der Waals surface area contributed by atoms with Crippen molar-refractivity contribution in [3.8, 4) is 11.3 Å².